The Morgan fingerprint density at radius 1 is 1.38 bits per heavy atom. The van der Waals surface area contributed by atoms with Gasteiger partial charge in [-0.05, 0) is 25.8 Å². The van der Waals surface area contributed by atoms with Gasteiger partial charge in [0.25, 0.3) is 5.69 Å². The summed E-state index contributed by atoms with van der Waals surface area (Å²) in [6.07, 6.45) is 1.26. The first-order chi connectivity index (χ1) is 10.1. The topological polar surface area (TPSA) is 87.9 Å². The van der Waals surface area contributed by atoms with E-state index in [1.807, 2.05) is 0 Å². The SMILES string of the molecule is CCOC(=O)COc1ccc([N+](=O)[O-])cc1CCCOC. The third-order valence-corrected chi connectivity index (χ3v) is 2.70. The van der Waals surface area contributed by atoms with E-state index in [0.717, 1.165) is 0 Å². The molecule has 0 saturated carbocycles. The van der Waals surface area contributed by atoms with Crippen molar-refractivity contribution in [1.82, 2.24) is 0 Å². The summed E-state index contributed by atoms with van der Waals surface area (Å²) in [6, 6.07) is 4.30. The molecule has 0 aliphatic carbocycles. The minimum absolute atomic E-state index is 0.00842. The molecule has 0 aromatic heterocycles. The molecule has 0 bridgehead atoms. The van der Waals surface area contributed by atoms with Crippen LogP contribution in [-0.4, -0.2) is 37.8 Å². The molecule has 0 N–H and O–H groups in total. The maximum atomic E-state index is 11.3. The van der Waals surface area contributed by atoms with Crippen LogP contribution >= 0.6 is 0 Å². The van der Waals surface area contributed by atoms with Crippen molar-refractivity contribution in [3.05, 3.63) is 33.9 Å². The van der Waals surface area contributed by atoms with Gasteiger partial charge in [-0.3, -0.25) is 10.1 Å². The molecule has 7 nitrogen and oxygen atoms in total. The van der Waals surface area contributed by atoms with E-state index < -0.39 is 10.9 Å². The fraction of sp³-hybridized carbons (Fsp3) is 0.500. The number of rotatable bonds is 9. The molecule has 0 aliphatic rings. The van der Waals surface area contributed by atoms with E-state index in [4.69, 9.17) is 14.2 Å². The Morgan fingerprint density at radius 2 is 2.14 bits per heavy atom. The summed E-state index contributed by atoms with van der Waals surface area (Å²) in [6.45, 7) is 2.31. The Balaban J connectivity index is 2.79. The lowest BCUT2D eigenvalue weighted by Crippen LogP contribution is -2.15. The molecule has 0 fully saturated rings. The summed E-state index contributed by atoms with van der Waals surface area (Å²) >= 11 is 0. The van der Waals surface area contributed by atoms with Crippen LogP contribution in [0.4, 0.5) is 5.69 Å². The fourth-order valence-electron chi connectivity index (χ4n) is 1.76. The number of methoxy groups -OCH3 is 1. The van der Waals surface area contributed by atoms with E-state index in [0.29, 0.717) is 30.8 Å². The molecule has 0 atom stereocenters. The van der Waals surface area contributed by atoms with Crippen molar-refractivity contribution in [2.45, 2.75) is 19.8 Å². The van der Waals surface area contributed by atoms with E-state index in [1.165, 1.54) is 18.2 Å². The largest absolute Gasteiger partial charge is 0.482 e. The standard InChI is InChI=1S/C14H19NO6/c1-3-20-14(16)10-21-13-7-6-12(15(17)18)9-11(13)5-4-8-19-2/h6-7,9H,3-5,8,10H2,1-2H3. The number of hydrogen-bond acceptors (Lipinski definition) is 6. The third-order valence-electron chi connectivity index (χ3n) is 2.70. The van der Waals surface area contributed by atoms with E-state index in [2.05, 4.69) is 0 Å². The monoisotopic (exact) mass is 297 g/mol. The van der Waals surface area contributed by atoms with E-state index in [-0.39, 0.29) is 18.9 Å². The molecule has 0 radical (unpaired) electrons. The van der Waals surface area contributed by atoms with Crippen LogP contribution in [0.2, 0.25) is 0 Å². The number of nitro benzene ring substituents is 1. The number of benzene rings is 1. The van der Waals surface area contributed by atoms with Gasteiger partial charge >= 0.3 is 5.97 Å². The number of carbonyl (C=O) groups is 1. The highest BCUT2D eigenvalue weighted by molar-refractivity contribution is 5.71. The summed E-state index contributed by atoms with van der Waals surface area (Å²) in [4.78, 5) is 21.6. The average molecular weight is 297 g/mol. The molecule has 116 valence electrons. The van der Waals surface area contributed by atoms with Crippen LogP contribution < -0.4 is 4.74 Å². The van der Waals surface area contributed by atoms with Crippen molar-refractivity contribution >= 4 is 11.7 Å². The van der Waals surface area contributed by atoms with Crippen LogP contribution in [0.1, 0.15) is 18.9 Å². The molecule has 0 aliphatic heterocycles. The molecular weight excluding hydrogens is 278 g/mol. The van der Waals surface area contributed by atoms with Gasteiger partial charge in [-0.2, -0.15) is 0 Å². The zero-order chi connectivity index (χ0) is 15.7. The van der Waals surface area contributed by atoms with Crippen molar-refractivity contribution in [1.29, 1.82) is 0 Å². The smallest absolute Gasteiger partial charge is 0.344 e. The molecule has 0 spiro atoms. The highest BCUT2D eigenvalue weighted by atomic mass is 16.6. The third kappa shape index (κ3) is 5.78. The maximum absolute atomic E-state index is 11.3. The number of hydrogen-bond donors (Lipinski definition) is 0. The summed E-state index contributed by atoms with van der Waals surface area (Å²) < 4.78 is 15.1. The van der Waals surface area contributed by atoms with Crippen LogP contribution in [0.25, 0.3) is 0 Å². The first kappa shape index (κ1) is 16.9. The normalized spacial score (nSPS) is 10.2. The second kappa shape index (κ2) is 8.91. The minimum atomic E-state index is -0.473. The molecule has 0 saturated heterocycles. The van der Waals surface area contributed by atoms with E-state index in [1.54, 1.807) is 14.0 Å². The second-order valence-electron chi connectivity index (χ2n) is 4.24. The maximum Gasteiger partial charge on any atom is 0.344 e. The van der Waals surface area contributed by atoms with Crippen LogP contribution in [-0.2, 0) is 20.7 Å². The van der Waals surface area contributed by atoms with Crippen LogP contribution in [0.3, 0.4) is 0 Å². The Morgan fingerprint density at radius 3 is 2.76 bits per heavy atom. The fourth-order valence-corrected chi connectivity index (χ4v) is 1.76. The van der Waals surface area contributed by atoms with Crippen molar-refractivity contribution in [2.24, 2.45) is 0 Å². The lowest BCUT2D eigenvalue weighted by atomic mass is 10.1. The van der Waals surface area contributed by atoms with Crippen LogP contribution in [0.5, 0.6) is 5.75 Å². The molecular formula is C14H19NO6. The number of nitro groups is 1. The van der Waals surface area contributed by atoms with Gasteiger partial charge in [0, 0.05) is 31.4 Å². The van der Waals surface area contributed by atoms with Gasteiger partial charge in [0.15, 0.2) is 6.61 Å². The molecule has 0 unspecified atom stereocenters. The van der Waals surface area contributed by atoms with Gasteiger partial charge in [-0.15, -0.1) is 0 Å². The number of nitrogens with zero attached hydrogens (tertiary/aromatic N) is 1. The number of carbonyl (C=O) groups excluding carboxylic acids is 1. The Kier molecular flexibility index (Phi) is 7.17. The minimum Gasteiger partial charge on any atom is -0.482 e. The van der Waals surface area contributed by atoms with Crippen molar-refractivity contribution in [2.75, 3.05) is 26.9 Å². The quantitative estimate of drug-likeness (QED) is 0.300. The molecule has 1 rings (SSSR count). The molecule has 21 heavy (non-hydrogen) atoms. The van der Waals surface area contributed by atoms with E-state index in [9.17, 15) is 14.9 Å². The number of esters is 1. The predicted octanol–water partition coefficient (Wildman–Crippen LogP) is 2.12. The van der Waals surface area contributed by atoms with Gasteiger partial charge in [0.2, 0.25) is 0 Å². The average Bonchev–Trinajstić information content (AvgIpc) is 2.46. The Bertz CT molecular complexity index is 488. The molecule has 7 heteroatoms. The van der Waals surface area contributed by atoms with Gasteiger partial charge in [-0.25, -0.2) is 4.79 Å². The van der Waals surface area contributed by atoms with Crippen molar-refractivity contribution in [3.63, 3.8) is 0 Å². The van der Waals surface area contributed by atoms with Gasteiger partial charge in [-0.1, -0.05) is 0 Å². The predicted molar refractivity (Wildman–Crippen MR) is 75.4 cm³/mol. The first-order valence-corrected chi connectivity index (χ1v) is 6.63. The lowest BCUT2D eigenvalue weighted by Gasteiger charge is -2.11. The summed E-state index contributed by atoms with van der Waals surface area (Å²) in [5.41, 5.74) is 0.663. The second-order valence-corrected chi connectivity index (χ2v) is 4.24. The highest BCUT2D eigenvalue weighted by Gasteiger charge is 2.13. The molecule has 1 aromatic rings. The highest BCUT2D eigenvalue weighted by Crippen LogP contribution is 2.25. The van der Waals surface area contributed by atoms with Gasteiger partial charge < -0.3 is 14.2 Å². The molecule has 1 aromatic carbocycles. The number of ether oxygens (including phenoxy) is 3. The zero-order valence-corrected chi connectivity index (χ0v) is 12.2. The van der Waals surface area contributed by atoms with Crippen LogP contribution in [0, 0.1) is 10.1 Å². The van der Waals surface area contributed by atoms with Crippen molar-refractivity contribution < 1.29 is 23.9 Å². The number of non-ortho nitro benzene ring substituents is 1. The molecule has 0 amide bonds. The summed E-state index contributed by atoms with van der Waals surface area (Å²) in [5, 5.41) is 10.8. The van der Waals surface area contributed by atoms with Crippen molar-refractivity contribution in [3.8, 4) is 5.75 Å². The Hall–Kier alpha value is -2.15. The van der Waals surface area contributed by atoms with Crippen LogP contribution in [0.15, 0.2) is 18.2 Å². The summed E-state index contributed by atoms with van der Waals surface area (Å²) in [7, 11) is 1.59. The molecule has 0 heterocycles. The number of aryl methyl sites for hydroxylation is 1. The van der Waals surface area contributed by atoms with Gasteiger partial charge in [0.1, 0.15) is 5.75 Å². The summed E-state index contributed by atoms with van der Waals surface area (Å²) in [5.74, 6) is -0.0246. The lowest BCUT2D eigenvalue weighted by molar-refractivity contribution is -0.384. The zero-order valence-electron chi connectivity index (χ0n) is 12.2. The van der Waals surface area contributed by atoms with E-state index >= 15 is 0 Å². The van der Waals surface area contributed by atoms with Gasteiger partial charge in [0.05, 0.1) is 11.5 Å². The Labute approximate surface area is 123 Å². The first-order valence-electron chi connectivity index (χ1n) is 6.63.